The highest BCUT2D eigenvalue weighted by Crippen LogP contribution is 2.35. The molecule has 1 N–H and O–H groups in total. The van der Waals surface area contributed by atoms with Crippen molar-refractivity contribution < 1.29 is 8.42 Å². The van der Waals surface area contributed by atoms with Gasteiger partial charge in [0.1, 0.15) is 4.21 Å². The maximum absolute atomic E-state index is 12.8. The van der Waals surface area contributed by atoms with E-state index in [2.05, 4.69) is 36.6 Å². The van der Waals surface area contributed by atoms with Gasteiger partial charge in [0.15, 0.2) is 0 Å². The first kappa shape index (κ1) is 17.8. The molecule has 0 unspecified atom stereocenters. The number of hydrogen-bond donors (Lipinski definition) is 1. The van der Waals surface area contributed by atoms with Crippen molar-refractivity contribution in [1.82, 2.24) is 4.72 Å². The molecule has 24 heavy (non-hydrogen) atoms. The molecule has 1 aromatic heterocycles. The number of sulfonamides is 1. The van der Waals surface area contributed by atoms with E-state index < -0.39 is 16.1 Å². The Balaban J connectivity index is 2.01. The third-order valence-electron chi connectivity index (χ3n) is 3.43. The van der Waals surface area contributed by atoms with Crippen molar-refractivity contribution in [2.24, 2.45) is 0 Å². The zero-order valence-corrected chi connectivity index (χ0v) is 17.1. The summed E-state index contributed by atoms with van der Waals surface area (Å²) in [5.41, 5.74) is 1.78. The SMILES string of the molecule is O=S(=O)(NC(c1ccccc1)c1ccccc1)c1cc(Br)c(Br)s1. The molecule has 0 aliphatic heterocycles. The topological polar surface area (TPSA) is 46.2 Å². The van der Waals surface area contributed by atoms with Crippen LogP contribution in [0.25, 0.3) is 0 Å². The summed E-state index contributed by atoms with van der Waals surface area (Å²) in [6, 6.07) is 20.2. The lowest BCUT2D eigenvalue weighted by Crippen LogP contribution is -2.28. The Labute approximate surface area is 162 Å². The summed E-state index contributed by atoms with van der Waals surface area (Å²) in [5.74, 6) is 0. The molecule has 3 rings (SSSR count). The van der Waals surface area contributed by atoms with E-state index in [4.69, 9.17) is 0 Å². The average molecular weight is 487 g/mol. The summed E-state index contributed by atoms with van der Waals surface area (Å²) in [6.07, 6.45) is 0. The number of nitrogens with one attached hydrogen (secondary N) is 1. The van der Waals surface area contributed by atoms with Gasteiger partial charge < -0.3 is 0 Å². The van der Waals surface area contributed by atoms with Crippen molar-refractivity contribution in [2.45, 2.75) is 10.3 Å². The highest BCUT2D eigenvalue weighted by atomic mass is 79.9. The molecule has 124 valence electrons. The lowest BCUT2D eigenvalue weighted by Gasteiger charge is -2.19. The Kier molecular flexibility index (Phi) is 5.56. The van der Waals surface area contributed by atoms with Crippen molar-refractivity contribution in [3.63, 3.8) is 0 Å². The molecule has 0 atom stereocenters. The van der Waals surface area contributed by atoms with E-state index >= 15 is 0 Å². The van der Waals surface area contributed by atoms with Gasteiger partial charge in [-0.25, -0.2) is 8.42 Å². The minimum Gasteiger partial charge on any atom is -0.206 e. The second-order valence-electron chi connectivity index (χ2n) is 5.06. The molecular weight excluding hydrogens is 474 g/mol. The molecule has 0 radical (unpaired) electrons. The van der Waals surface area contributed by atoms with Gasteiger partial charge in [0.25, 0.3) is 10.0 Å². The third-order valence-corrected chi connectivity index (χ3v) is 8.58. The predicted octanol–water partition coefficient (Wildman–Crippen LogP) is 5.34. The summed E-state index contributed by atoms with van der Waals surface area (Å²) in [5, 5.41) is 0. The van der Waals surface area contributed by atoms with Gasteiger partial charge in [-0.2, -0.15) is 4.72 Å². The van der Waals surface area contributed by atoms with Crippen LogP contribution in [0.2, 0.25) is 0 Å². The van der Waals surface area contributed by atoms with Gasteiger partial charge in [-0.15, -0.1) is 11.3 Å². The fourth-order valence-electron chi connectivity index (χ4n) is 2.29. The lowest BCUT2D eigenvalue weighted by molar-refractivity contribution is 0.574. The molecule has 7 heteroatoms. The standard InChI is InChI=1S/C17H13Br2NO2S2/c18-14-11-15(23-17(14)19)24(21,22)20-16(12-7-3-1-4-8-12)13-9-5-2-6-10-13/h1-11,16,20H. The molecule has 0 amide bonds. The Morgan fingerprint density at radius 1 is 0.875 bits per heavy atom. The summed E-state index contributed by atoms with van der Waals surface area (Å²) in [4.78, 5) is 0. The van der Waals surface area contributed by atoms with E-state index in [1.54, 1.807) is 6.07 Å². The number of benzene rings is 2. The quantitative estimate of drug-likeness (QED) is 0.528. The molecule has 0 spiro atoms. The van der Waals surface area contributed by atoms with Gasteiger partial charge in [-0.1, -0.05) is 60.7 Å². The highest BCUT2D eigenvalue weighted by Gasteiger charge is 2.25. The number of hydrogen-bond acceptors (Lipinski definition) is 3. The Hall–Kier alpha value is -0.990. The molecule has 3 nitrogen and oxygen atoms in total. The van der Waals surface area contributed by atoms with Crippen LogP contribution in [0.4, 0.5) is 0 Å². The zero-order chi connectivity index (χ0) is 17.2. The average Bonchev–Trinajstić information content (AvgIpc) is 2.94. The molecule has 0 saturated carbocycles. The first-order valence-corrected chi connectivity index (χ1v) is 10.9. The summed E-state index contributed by atoms with van der Waals surface area (Å²) in [6.45, 7) is 0. The largest absolute Gasteiger partial charge is 0.250 e. The van der Waals surface area contributed by atoms with Crippen LogP contribution in [-0.2, 0) is 10.0 Å². The Morgan fingerprint density at radius 3 is 1.79 bits per heavy atom. The van der Waals surface area contributed by atoms with Gasteiger partial charge in [0, 0.05) is 4.47 Å². The summed E-state index contributed by atoms with van der Waals surface area (Å²) in [7, 11) is -3.65. The molecule has 0 bridgehead atoms. The van der Waals surface area contributed by atoms with Crippen molar-refractivity contribution >= 4 is 53.2 Å². The van der Waals surface area contributed by atoms with Crippen LogP contribution in [0.1, 0.15) is 17.2 Å². The summed E-state index contributed by atoms with van der Waals surface area (Å²) < 4.78 is 30.2. The van der Waals surface area contributed by atoms with Gasteiger partial charge in [-0.3, -0.25) is 0 Å². The number of thiophene rings is 1. The van der Waals surface area contributed by atoms with E-state index in [1.807, 2.05) is 60.7 Å². The summed E-state index contributed by atoms with van der Waals surface area (Å²) >= 11 is 7.85. The molecule has 0 aliphatic rings. The van der Waals surface area contributed by atoms with E-state index in [9.17, 15) is 8.42 Å². The molecule has 2 aromatic carbocycles. The van der Waals surface area contributed by atoms with E-state index in [0.717, 1.165) is 19.4 Å². The zero-order valence-electron chi connectivity index (χ0n) is 12.3. The molecule has 3 aromatic rings. The van der Waals surface area contributed by atoms with Gasteiger partial charge in [0.05, 0.1) is 9.83 Å². The maximum Gasteiger partial charge on any atom is 0.250 e. The smallest absolute Gasteiger partial charge is 0.206 e. The van der Waals surface area contributed by atoms with E-state index in [1.165, 1.54) is 11.3 Å². The van der Waals surface area contributed by atoms with Crippen LogP contribution >= 0.6 is 43.2 Å². The van der Waals surface area contributed by atoms with Crippen LogP contribution in [-0.4, -0.2) is 8.42 Å². The highest BCUT2D eigenvalue weighted by molar-refractivity contribution is 9.13. The minimum absolute atomic E-state index is 0.262. The minimum atomic E-state index is -3.65. The second-order valence-corrected chi connectivity index (χ2v) is 10.2. The number of halogens is 2. The molecule has 1 heterocycles. The molecule has 0 saturated heterocycles. The van der Waals surface area contributed by atoms with Crippen molar-refractivity contribution in [3.8, 4) is 0 Å². The van der Waals surface area contributed by atoms with Crippen molar-refractivity contribution in [3.05, 3.63) is 86.1 Å². The predicted molar refractivity (Wildman–Crippen MR) is 105 cm³/mol. The van der Waals surface area contributed by atoms with Gasteiger partial charge in [0.2, 0.25) is 0 Å². The first-order chi connectivity index (χ1) is 11.5. The van der Waals surface area contributed by atoms with Crippen LogP contribution in [0.15, 0.2) is 79.2 Å². The van der Waals surface area contributed by atoms with Crippen LogP contribution in [0, 0.1) is 0 Å². The molecule has 0 aliphatic carbocycles. The molecular formula is C17H13Br2NO2S2. The van der Waals surface area contributed by atoms with Gasteiger partial charge >= 0.3 is 0 Å². The number of rotatable bonds is 5. The first-order valence-electron chi connectivity index (χ1n) is 7.04. The van der Waals surface area contributed by atoms with Crippen LogP contribution in [0.5, 0.6) is 0 Å². The van der Waals surface area contributed by atoms with E-state index in [-0.39, 0.29) is 4.21 Å². The van der Waals surface area contributed by atoms with E-state index in [0.29, 0.717) is 0 Å². The van der Waals surface area contributed by atoms with Crippen molar-refractivity contribution in [1.29, 1.82) is 0 Å². The Morgan fingerprint density at radius 2 is 1.38 bits per heavy atom. The fraction of sp³-hybridized carbons (Fsp3) is 0.0588. The fourth-order valence-corrected chi connectivity index (χ4v) is 6.34. The van der Waals surface area contributed by atoms with Crippen LogP contribution in [0.3, 0.4) is 0 Å². The Bertz CT molecular complexity index is 867. The maximum atomic E-state index is 12.8. The second kappa shape index (κ2) is 7.49. The monoisotopic (exact) mass is 485 g/mol. The molecule has 0 fully saturated rings. The van der Waals surface area contributed by atoms with Gasteiger partial charge in [-0.05, 0) is 49.1 Å². The van der Waals surface area contributed by atoms with Crippen molar-refractivity contribution in [2.75, 3.05) is 0 Å². The van der Waals surface area contributed by atoms with Crippen LogP contribution < -0.4 is 4.72 Å². The normalized spacial score (nSPS) is 11.8. The third kappa shape index (κ3) is 3.97. The lowest BCUT2D eigenvalue weighted by atomic mass is 10.00.